The van der Waals surface area contributed by atoms with E-state index in [4.69, 9.17) is 5.11 Å². The van der Waals surface area contributed by atoms with Crippen molar-refractivity contribution in [2.45, 2.75) is 37.5 Å². The second-order valence-corrected chi connectivity index (χ2v) is 5.27. The van der Waals surface area contributed by atoms with Gasteiger partial charge in [0.1, 0.15) is 6.04 Å². The van der Waals surface area contributed by atoms with Crippen LogP contribution < -0.4 is 5.32 Å². The number of aliphatic carboxylic acids is 1. The fourth-order valence-electron chi connectivity index (χ4n) is 2.81. The van der Waals surface area contributed by atoms with E-state index >= 15 is 0 Å². The van der Waals surface area contributed by atoms with E-state index in [1.807, 2.05) is 0 Å². The number of hydrogen-bond donors (Lipinski definition) is 3. The lowest BCUT2D eigenvalue weighted by molar-refractivity contribution is -0.141. The molecule has 2 rings (SSSR count). The molecule has 0 saturated carbocycles. The maximum atomic E-state index is 12.4. The summed E-state index contributed by atoms with van der Waals surface area (Å²) in [6, 6.07) is -1.07. The van der Waals surface area contributed by atoms with Gasteiger partial charge in [-0.1, -0.05) is 0 Å². The van der Waals surface area contributed by atoms with Crippen LogP contribution in [0.15, 0.2) is 0 Å². The summed E-state index contributed by atoms with van der Waals surface area (Å²) in [5.74, 6) is -1.05. The summed E-state index contributed by atoms with van der Waals surface area (Å²) < 4.78 is 0. The summed E-state index contributed by atoms with van der Waals surface area (Å²) in [5.41, 5.74) is 0. The molecule has 0 aromatic carbocycles. The van der Waals surface area contributed by atoms with E-state index in [1.165, 1.54) is 4.90 Å². The molecule has 2 heterocycles. The lowest BCUT2D eigenvalue weighted by atomic mass is 10.1. The molecule has 2 saturated heterocycles. The molecule has 0 aromatic rings. The summed E-state index contributed by atoms with van der Waals surface area (Å²) in [6.45, 7) is 1.84. The molecule has 2 amide bonds. The molecule has 2 atom stereocenters. The summed E-state index contributed by atoms with van der Waals surface area (Å²) in [4.78, 5) is 26.4. The molecule has 0 unspecified atom stereocenters. The number of amides is 2. The highest BCUT2D eigenvalue weighted by Crippen LogP contribution is 2.21. The number of carboxylic acids is 1. The number of rotatable bonds is 2. The fraction of sp³-hybridized carbons (Fsp3) is 0.833. The molecule has 3 N–H and O–H groups in total. The average molecular weight is 271 g/mol. The van der Waals surface area contributed by atoms with Crippen molar-refractivity contribution in [2.75, 3.05) is 26.7 Å². The Morgan fingerprint density at radius 3 is 2.53 bits per heavy atom. The van der Waals surface area contributed by atoms with E-state index in [0.29, 0.717) is 0 Å². The van der Waals surface area contributed by atoms with Gasteiger partial charge in [0.25, 0.3) is 0 Å². The molecule has 0 aromatic heterocycles. The van der Waals surface area contributed by atoms with Crippen LogP contribution in [0.2, 0.25) is 0 Å². The monoisotopic (exact) mass is 271 g/mol. The Morgan fingerprint density at radius 2 is 1.95 bits per heavy atom. The lowest BCUT2D eigenvalue weighted by Crippen LogP contribution is -2.52. The Balaban J connectivity index is 2.02. The van der Waals surface area contributed by atoms with Crippen molar-refractivity contribution in [3.63, 3.8) is 0 Å². The fourth-order valence-corrected chi connectivity index (χ4v) is 2.81. The third-order valence-electron chi connectivity index (χ3n) is 3.97. The second-order valence-electron chi connectivity index (χ2n) is 5.27. The maximum absolute atomic E-state index is 12.4. The van der Waals surface area contributed by atoms with Crippen molar-refractivity contribution < 1.29 is 19.8 Å². The number of likely N-dealkylation sites (tertiary alicyclic amines) is 1. The minimum Gasteiger partial charge on any atom is -0.480 e. The molecule has 108 valence electrons. The van der Waals surface area contributed by atoms with Crippen molar-refractivity contribution in [1.29, 1.82) is 0 Å². The predicted molar refractivity (Wildman–Crippen MR) is 67.8 cm³/mol. The predicted octanol–water partition coefficient (Wildman–Crippen LogP) is -0.690. The molecule has 2 fully saturated rings. The van der Waals surface area contributed by atoms with Crippen LogP contribution in [0.4, 0.5) is 4.79 Å². The van der Waals surface area contributed by atoms with E-state index in [-0.39, 0.29) is 25.0 Å². The topological polar surface area (TPSA) is 93.1 Å². The molecular formula is C12H21N3O4. The smallest absolute Gasteiger partial charge is 0.326 e. The average Bonchev–Trinajstić information content (AvgIpc) is 2.80. The van der Waals surface area contributed by atoms with E-state index < -0.39 is 18.1 Å². The first kappa shape index (κ1) is 14.1. The van der Waals surface area contributed by atoms with Gasteiger partial charge < -0.3 is 25.3 Å². The van der Waals surface area contributed by atoms with Gasteiger partial charge in [-0.3, -0.25) is 0 Å². The molecule has 19 heavy (non-hydrogen) atoms. The number of urea groups is 1. The van der Waals surface area contributed by atoms with E-state index in [0.717, 1.165) is 25.9 Å². The van der Waals surface area contributed by atoms with Crippen LogP contribution >= 0.6 is 0 Å². The molecule has 0 radical (unpaired) electrons. The van der Waals surface area contributed by atoms with Crippen LogP contribution in [-0.2, 0) is 4.79 Å². The number of piperidine rings is 1. The van der Waals surface area contributed by atoms with Gasteiger partial charge in [0.15, 0.2) is 0 Å². The molecular weight excluding hydrogens is 250 g/mol. The first-order valence-corrected chi connectivity index (χ1v) is 6.65. The number of aliphatic hydroxyl groups is 1. The number of β-amino-alcohol motifs (C(OH)–C–C–N with tert-alkyl or cyclic N) is 1. The zero-order chi connectivity index (χ0) is 14.0. The van der Waals surface area contributed by atoms with Crippen molar-refractivity contribution in [3.8, 4) is 0 Å². The summed E-state index contributed by atoms with van der Waals surface area (Å²) >= 11 is 0. The van der Waals surface area contributed by atoms with Crippen molar-refractivity contribution in [3.05, 3.63) is 0 Å². The third kappa shape index (κ3) is 2.98. The highest BCUT2D eigenvalue weighted by atomic mass is 16.4. The van der Waals surface area contributed by atoms with Crippen LogP contribution in [0.1, 0.15) is 19.3 Å². The zero-order valence-electron chi connectivity index (χ0n) is 11.1. The van der Waals surface area contributed by atoms with Gasteiger partial charge in [-0.2, -0.15) is 0 Å². The van der Waals surface area contributed by atoms with Crippen LogP contribution in [-0.4, -0.2) is 76.9 Å². The van der Waals surface area contributed by atoms with Crippen molar-refractivity contribution in [1.82, 2.24) is 15.1 Å². The Labute approximate surface area is 112 Å². The first-order valence-electron chi connectivity index (χ1n) is 6.65. The minimum atomic E-state index is -1.05. The minimum absolute atomic E-state index is 0.102. The van der Waals surface area contributed by atoms with Gasteiger partial charge >= 0.3 is 12.0 Å². The molecule has 7 heteroatoms. The zero-order valence-corrected chi connectivity index (χ0v) is 11.1. The number of nitrogens with zero attached hydrogens (tertiary/aromatic N) is 2. The number of aliphatic hydroxyl groups excluding tert-OH is 1. The van der Waals surface area contributed by atoms with Gasteiger partial charge in [-0.25, -0.2) is 9.59 Å². The van der Waals surface area contributed by atoms with Crippen LogP contribution in [0.25, 0.3) is 0 Å². The third-order valence-corrected chi connectivity index (χ3v) is 3.97. The Hall–Kier alpha value is -1.34. The van der Waals surface area contributed by atoms with Gasteiger partial charge in [0, 0.05) is 26.1 Å². The summed E-state index contributed by atoms with van der Waals surface area (Å²) in [7, 11) is 1.71. The molecule has 0 spiro atoms. The van der Waals surface area contributed by atoms with Crippen molar-refractivity contribution >= 4 is 12.0 Å². The van der Waals surface area contributed by atoms with Crippen molar-refractivity contribution in [2.24, 2.45) is 0 Å². The van der Waals surface area contributed by atoms with Crippen LogP contribution in [0.3, 0.4) is 0 Å². The van der Waals surface area contributed by atoms with Gasteiger partial charge in [0.05, 0.1) is 6.10 Å². The maximum Gasteiger partial charge on any atom is 0.326 e. The molecule has 7 nitrogen and oxygen atoms in total. The SMILES string of the molecule is CN(C(=O)N1C[C@@H](O)C[C@H]1C(=O)O)C1CCNCC1. The highest BCUT2D eigenvalue weighted by Gasteiger charge is 2.41. The molecule has 2 aliphatic heterocycles. The van der Waals surface area contributed by atoms with E-state index in [2.05, 4.69) is 5.32 Å². The van der Waals surface area contributed by atoms with Gasteiger partial charge in [-0.05, 0) is 25.9 Å². The van der Waals surface area contributed by atoms with E-state index in [9.17, 15) is 14.7 Å². The second kappa shape index (κ2) is 5.75. The molecule has 0 bridgehead atoms. The summed E-state index contributed by atoms with van der Waals surface area (Å²) in [5, 5.41) is 21.9. The van der Waals surface area contributed by atoms with Gasteiger partial charge in [0.2, 0.25) is 0 Å². The highest BCUT2D eigenvalue weighted by molar-refractivity contribution is 5.83. The number of carbonyl (C=O) groups is 2. The number of hydrogen-bond acceptors (Lipinski definition) is 4. The first-order chi connectivity index (χ1) is 9.00. The number of nitrogens with one attached hydrogen (secondary N) is 1. The largest absolute Gasteiger partial charge is 0.480 e. The summed E-state index contributed by atoms with van der Waals surface area (Å²) in [6.07, 6.45) is 1.11. The Bertz CT molecular complexity index is 357. The van der Waals surface area contributed by atoms with Crippen LogP contribution in [0, 0.1) is 0 Å². The standard InChI is InChI=1S/C12H21N3O4/c1-14(8-2-4-13-5-3-8)12(19)15-7-9(16)6-10(15)11(17)18/h8-10,13,16H,2-7H2,1H3,(H,17,18)/t9-,10-/m0/s1. The Morgan fingerprint density at radius 1 is 1.32 bits per heavy atom. The normalized spacial score (nSPS) is 28.4. The van der Waals surface area contributed by atoms with Crippen LogP contribution in [0.5, 0.6) is 0 Å². The number of carbonyl (C=O) groups excluding carboxylic acids is 1. The number of carboxylic acid groups (broad SMARTS) is 1. The lowest BCUT2D eigenvalue weighted by Gasteiger charge is -2.35. The quantitative estimate of drug-likeness (QED) is 0.618. The van der Waals surface area contributed by atoms with E-state index in [1.54, 1.807) is 11.9 Å². The molecule has 0 aliphatic carbocycles. The Kier molecular flexibility index (Phi) is 4.26. The molecule has 2 aliphatic rings. The van der Waals surface area contributed by atoms with Gasteiger partial charge in [-0.15, -0.1) is 0 Å².